The van der Waals surface area contributed by atoms with Gasteiger partial charge in [-0.2, -0.15) is 0 Å². The first-order valence-electron chi connectivity index (χ1n) is 41.6. The monoisotopic (exact) mass is 1610 g/mol. The summed E-state index contributed by atoms with van der Waals surface area (Å²) in [6.07, 6.45) is 1.85. The van der Waals surface area contributed by atoms with Crippen LogP contribution in [0.4, 0.5) is 0 Å². The van der Waals surface area contributed by atoms with Crippen LogP contribution in [0.1, 0.15) is 0 Å². The summed E-state index contributed by atoms with van der Waals surface area (Å²) in [7, 11) is 0. The van der Waals surface area contributed by atoms with Gasteiger partial charge in [-0.05, 0) is 158 Å². The van der Waals surface area contributed by atoms with Crippen LogP contribution < -0.4 is 0 Å². The minimum Gasteiger partial charge on any atom is -0.309 e. The van der Waals surface area contributed by atoms with Crippen molar-refractivity contribution < 1.29 is 0 Å². The van der Waals surface area contributed by atoms with Gasteiger partial charge in [-0.1, -0.05) is 279 Å². The predicted octanol–water partition coefficient (Wildman–Crippen LogP) is 30.2. The van der Waals surface area contributed by atoms with Crippen molar-refractivity contribution in [2.24, 2.45) is 0 Å². The van der Waals surface area contributed by atoms with Crippen LogP contribution in [-0.4, -0.2) is 41.9 Å². The van der Waals surface area contributed by atoms with E-state index in [1.807, 2.05) is 47.1 Å². The van der Waals surface area contributed by atoms with E-state index in [2.05, 4.69) is 456 Å². The third-order valence-corrected chi connectivity index (χ3v) is 26.6. The zero-order valence-corrected chi connectivity index (χ0v) is 68.1. The van der Waals surface area contributed by atoms with Crippen molar-refractivity contribution in [3.8, 4) is 51.2 Å². The van der Waals surface area contributed by atoms with Crippen molar-refractivity contribution in [2.45, 2.75) is 0 Å². The van der Waals surface area contributed by atoms with Gasteiger partial charge in [0.25, 0.3) is 0 Å². The topological polar surface area (TPSA) is 60.3 Å². The van der Waals surface area contributed by atoms with Crippen LogP contribution in [0.2, 0.25) is 0 Å². The van der Waals surface area contributed by atoms with E-state index >= 15 is 0 Å². The molecular formula is C112H73N9S2. The molecule has 0 radical (unpaired) electrons. The van der Waals surface area contributed by atoms with Gasteiger partial charge in [0.05, 0.1) is 75.8 Å². The van der Waals surface area contributed by atoms with E-state index in [9.17, 15) is 0 Å². The highest BCUT2D eigenvalue weighted by molar-refractivity contribution is 7.27. The van der Waals surface area contributed by atoms with Crippen LogP contribution in [0.5, 0.6) is 0 Å². The number of para-hydroxylation sites is 12. The molecule has 27 aromatic rings. The van der Waals surface area contributed by atoms with Crippen molar-refractivity contribution in [1.29, 1.82) is 0 Å². The van der Waals surface area contributed by atoms with E-state index in [1.54, 1.807) is 0 Å². The Balaban J connectivity index is 0.0000000928. The fraction of sp³-hybridized carbons (Fsp3) is 0. The summed E-state index contributed by atoms with van der Waals surface area (Å²) < 4.78 is 22.0. The second-order valence-electron chi connectivity index (χ2n) is 31.1. The van der Waals surface area contributed by atoms with Crippen LogP contribution >= 0.6 is 22.7 Å². The van der Waals surface area contributed by atoms with E-state index in [4.69, 9.17) is 4.98 Å². The van der Waals surface area contributed by atoms with Gasteiger partial charge in [-0.3, -0.25) is 18.3 Å². The molecule has 27 rings (SSSR count). The summed E-state index contributed by atoms with van der Waals surface area (Å²) in [6.45, 7) is 0. The van der Waals surface area contributed by atoms with Gasteiger partial charge < -0.3 is 13.7 Å². The minimum absolute atomic E-state index is 0.925. The second-order valence-corrected chi connectivity index (χ2v) is 33.2. The molecule has 578 valence electrons. The molecule has 0 N–H and O–H groups in total. The molecular weight excluding hydrogens is 1540 g/mol. The molecule has 0 fully saturated rings. The van der Waals surface area contributed by atoms with Gasteiger partial charge >= 0.3 is 0 Å². The fourth-order valence-electron chi connectivity index (χ4n) is 19.0. The molecule has 123 heavy (non-hydrogen) atoms. The maximum atomic E-state index is 4.93. The number of hydrogen-bond donors (Lipinski definition) is 0. The lowest BCUT2D eigenvalue weighted by Gasteiger charge is -2.12. The fourth-order valence-corrected chi connectivity index (χ4v) is 21.4. The average Bonchev–Trinajstić information content (AvgIpc) is 1.55. The Kier molecular flexibility index (Phi) is 17.1. The lowest BCUT2D eigenvalue weighted by Crippen LogP contribution is -2.02. The molecule has 0 aliphatic heterocycles. The molecule has 0 unspecified atom stereocenters. The Morgan fingerprint density at radius 1 is 0.211 bits per heavy atom. The molecule has 0 atom stereocenters. The van der Waals surface area contributed by atoms with Crippen LogP contribution in [0, 0.1) is 0 Å². The molecule has 0 amide bonds. The highest BCUT2D eigenvalue weighted by atomic mass is 32.1. The Labute approximate surface area is 714 Å². The maximum absolute atomic E-state index is 4.93. The third-order valence-electron chi connectivity index (χ3n) is 24.2. The molecule has 0 bridgehead atoms. The predicted molar refractivity (Wildman–Crippen MR) is 520 cm³/mol. The van der Waals surface area contributed by atoms with Crippen LogP contribution in [-0.2, 0) is 0 Å². The molecule has 0 saturated carbocycles. The molecule has 0 spiro atoms. The van der Waals surface area contributed by atoms with Crippen molar-refractivity contribution >= 4 is 183 Å². The number of hydrogen-bond acceptors (Lipinski definition) is 4. The number of rotatable bonds is 8. The molecule has 16 aromatic carbocycles. The summed E-state index contributed by atoms with van der Waals surface area (Å²) in [5, 5.41) is 16.6. The molecule has 11 aromatic heterocycles. The second kappa shape index (κ2) is 29.6. The van der Waals surface area contributed by atoms with Gasteiger partial charge in [0, 0.05) is 125 Å². The smallest absolute Gasteiger partial charge is 0.138 e. The molecule has 11 heteroatoms. The largest absolute Gasteiger partial charge is 0.309 e. The number of nitrogens with zero attached hydrogens (tertiary/aromatic N) is 9. The van der Waals surface area contributed by atoms with Crippen molar-refractivity contribution in [1.82, 2.24) is 41.9 Å². The minimum atomic E-state index is 0.925. The lowest BCUT2D eigenvalue weighted by molar-refractivity contribution is 1.02. The van der Waals surface area contributed by atoms with Gasteiger partial charge in [-0.25, -0.2) is 9.97 Å². The standard InChI is InChI=1S/C32H20N2S.C29H18N2S.C26H18N2.C25H17N3/c1-2-10-21(11-3-1)33-27-15-7-4-12-23(27)26-20-22(18-19-29(26)33)34-28-16-8-5-13-24(28)32-31(34)25-14-6-9-17-30(25)35-32;1-4-13-24-19(8-1)16-17-25(30-24)20-9-7-10-21(18-20)31-26-14-5-2-11-22(26)29-28(31)23-12-3-6-15-27(23)32-29;1-3-11-19(12-4-1)27-23-17-9-7-15-21(23)25-22-16-8-10-18-24(22)28(26(25)27)20-13-5-2-6-14-20;1-2-10-18(11-3-1)27-21-14-6-4-12-19(21)24-20-13-5-7-15-22(20)28(25(24)27)23-16-8-9-17-26-23/h1-20H;1-18H;1-18H;1-17H. The lowest BCUT2D eigenvalue weighted by atomic mass is 10.1. The van der Waals surface area contributed by atoms with E-state index in [0.717, 1.165) is 45.0 Å². The van der Waals surface area contributed by atoms with Crippen molar-refractivity contribution in [2.75, 3.05) is 0 Å². The zero-order valence-electron chi connectivity index (χ0n) is 66.5. The first-order valence-corrected chi connectivity index (χ1v) is 43.2. The van der Waals surface area contributed by atoms with E-state index < -0.39 is 0 Å². The zero-order chi connectivity index (χ0) is 81.0. The highest BCUT2D eigenvalue weighted by Gasteiger charge is 2.26. The quantitative estimate of drug-likeness (QED) is 0.152. The normalized spacial score (nSPS) is 11.7. The summed E-state index contributed by atoms with van der Waals surface area (Å²) in [5.41, 5.74) is 24.9. The van der Waals surface area contributed by atoms with E-state index in [-0.39, 0.29) is 0 Å². The average molecular weight is 1610 g/mol. The van der Waals surface area contributed by atoms with E-state index in [0.29, 0.717) is 0 Å². The third kappa shape index (κ3) is 11.6. The van der Waals surface area contributed by atoms with Crippen molar-refractivity contribution in [3.63, 3.8) is 0 Å². The Bertz CT molecular complexity index is 8300. The van der Waals surface area contributed by atoms with Gasteiger partial charge in [0.2, 0.25) is 0 Å². The number of fused-ring (bicyclic) bond motifs is 24. The number of pyridine rings is 2. The molecule has 0 aliphatic carbocycles. The Morgan fingerprint density at radius 3 is 1.05 bits per heavy atom. The first-order chi connectivity index (χ1) is 61.1. The summed E-state index contributed by atoms with van der Waals surface area (Å²) in [4.78, 5) is 9.60. The number of thiophene rings is 2. The van der Waals surface area contributed by atoms with Crippen LogP contribution in [0.3, 0.4) is 0 Å². The summed E-state index contributed by atoms with van der Waals surface area (Å²) in [5.74, 6) is 0.925. The van der Waals surface area contributed by atoms with Gasteiger partial charge in [0.15, 0.2) is 0 Å². The SMILES string of the molecule is c1cc(-c2ccc3ccccc3n2)cc(-n2c3ccccc3c3sc4ccccc4c32)c1.c1ccc(-n2c3ccccc3c3c4ccccc4n(-c4ccccc4)c32)cc1.c1ccc(-n2c3ccccc3c3c4ccccc4n(-c4ccccn4)c32)cc1.c1ccc(-n2c3ccccc3c3cc(-n4c5ccccc5c5sc6ccccc6c54)ccc32)cc1. The molecule has 0 aliphatic rings. The molecule has 11 heterocycles. The first kappa shape index (κ1) is 71.2. The maximum Gasteiger partial charge on any atom is 0.138 e. The van der Waals surface area contributed by atoms with E-state index in [1.165, 1.54) is 167 Å². The van der Waals surface area contributed by atoms with Crippen LogP contribution in [0.15, 0.2) is 443 Å². The Hall–Kier alpha value is -15.9. The Morgan fingerprint density at radius 2 is 0.569 bits per heavy atom. The van der Waals surface area contributed by atoms with Crippen molar-refractivity contribution in [3.05, 3.63) is 443 Å². The summed E-state index contributed by atoms with van der Waals surface area (Å²) in [6, 6.07) is 155. The molecule has 0 saturated heterocycles. The highest BCUT2D eigenvalue weighted by Crippen LogP contribution is 2.48. The molecule has 9 nitrogen and oxygen atoms in total. The number of aromatic nitrogens is 9. The van der Waals surface area contributed by atoms with Gasteiger partial charge in [0.1, 0.15) is 17.1 Å². The summed E-state index contributed by atoms with van der Waals surface area (Å²) >= 11 is 3.76. The van der Waals surface area contributed by atoms with Gasteiger partial charge in [-0.15, -0.1) is 22.7 Å². The number of benzene rings is 16. The van der Waals surface area contributed by atoms with Crippen LogP contribution in [0.25, 0.3) is 212 Å².